The van der Waals surface area contributed by atoms with Crippen LogP contribution in [0.15, 0.2) is 39.9 Å². The van der Waals surface area contributed by atoms with Crippen molar-refractivity contribution in [2.75, 3.05) is 13.6 Å². The summed E-state index contributed by atoms with van der Waals surface area (Å²) in [4.78, 5) is 8.73. The summed E-state index contributed by atoms with van der Waals surface area (Å²) in [5.74, 6) is 2.28. The van der Waals surface area contributed by atoms with Crippen LogP contribution in [-0.4, -0.2) is 24.5 Å². The van der Waals surface area contributed by atoms with Gasteiger partial charge in [-0.05, 0) is 37.8 Å². The second kappa shape index (κ2) is 8.33. The fraction of sp³-hybridized carbons (Fsp3) is 0.412. The predicted molar refractivity (Wildman–Crippen MR) is 103 cm³/mol. The second-order valence-electron chi connectivity index (χ2n) is 5.76. The fourth-order valence-corrected chi connectivity index (χ4v) is 2.17. The monoisotopic (exact) mass is 426 g/mol. The van der Waals surface area contributed by atoms with E-state index >= 15 is 0 Å². The van der Waals surface area contributed by atoms with Crippen molar-refractivity contribution in [3.05, 3.63) is 41.8 Å². The molecule has 1 aromatic heterocycles. The average molecular weight is 426 g/mol. The van der Waals surface area contributed by atoms with Gasteiger partial charge in [-0.3, -0.25) is 4.99 Å². The molecule has 0 atom stereocenters. The van der Waals surface area contributed by atoms with E-state index in [9.17, 15) is 0 Å². The standard InChI is InChI=1S/C17H22N4O.HI/c1-12-3-7-14(8-4-12)16-21-15(11-22-16)10-20-17(18-2)19-9-13-5-6-13;/h3-4,7-8,11,13H,5-6,9-10H2,1-2H3,(H2,18,19,20);1H. The number of nitrogens with one attached hydrogen (secondary N) is 2. The number of hydrogen-bond donors (Lipinski definition) is 2. The quantitative estimate of drug-likeness (QED) is 0.438. The van der Waals surface area contributed by atoms with Crippen molar-refractivity contribution in [1.82, 2.24) is 15.6 Å². The van der Waals surface area contributed by atoms with Crippen molar-refractivity contribution in [2.24, 2.45) is 10.9 Å². The van der Waals surface area contributed by atoms with Crippen molar-refractivity contribution in [3.63, 3.8) is 0 Å². The normalized spacial score (nSPS) is 14.3. The minimum atomic E-state index is 0. The number of aliphatic imine (C=N–C) groups is 1. The number of halogens is 1. The Labute approximate surface area is 154 Å². The number of aryl methyl sites for hydroxylation is 1. The maximum atomic E-state index is 5.55. The molecule has 2 N–H and O–H groups in total. The molecule has 0 aliphatic heterocycles. The van der Waals surface area contributed by atoms with Crippen LogP contribution in [0.3, 0.4) is 0 Å². The van der Waals surface area contributed by atoms with Gasteiger partial charge in [0.15, 0.2) is 5.96 Å². The first kappa shape index (κ1) is 17.8. The van der Waals surface area contributed by atoms with E-state index in [-0.39, 0.29) is 24.0 Å². The van der Waals surface area contributed by atoms with Gasteiger partial charge < -0.3 is 15.1 Å². The Morgan fingerprint density at radius 2 is 2.00 bits per heavy atom. The summed E-state index contributed by atoms with van der Waals surface area (Å²) in [5.41, 5.74) is 3.08. The zero-order chi connectivity index (χ0) is 15.4. The maximum absolute atomic E-state index is 5.55. The smallest absolute Gasteiger partial charge is 0.226 e. The molecule has 6 heteroatoms. The van der Waals surface area contributed by atoms with Gasteiger partial charge in [0, 0.05) is 19.2 Å². The van der Waals surface area contributed by atoms with E-state index in [4.69, 9.17) is 4.42 Å². The van der Waals surface area contributed by atoms with Gasteiger partial charge in [-0.2, -0.15) is 0 Å². The number of hydrogen-bond acceptors (Lipinski definition) is 3. The lowest BCUT2D eigenvalue weighted by molar-refractivity contribution is 0.572. The molecular weight excluding hydrogens is 403 g/mol. The topological polar surface area (TPSA) is 62.5 Å². The third kappa shape index (κ3) is 5.23. The van der Waals surface area contributed by atoms with Gasteiger partial charge >= 0.3 is 0 Å². The molecular formula is C17H23IN4O. The highest BCUT2D eigenvalue weighted by molar-refractivity contribution is 14.0. The number of aromatic nitrogens is 1. The lowest BCUT2D eigenvalue weighted by atomic mass is 10.1. The molecule has 1 aromatic carbocycles. The van der Waals surface area contributed by atoms with Gasteiger partial charge in [0.2, 0.25) is 5.89 Å². The number of benzene rings is 1. The molecule has 1 fully saturated rings. The van der Waals surface area contributed by atoms with Crippen LogP contribution >= 0.6 is 24.0 Å². The summed E-state index contributed by atoms with van der Waals surface area (Å²) in [5, 5.41) is 6.59. The Morgan fingerprint density at radius 3 is 2.65 bits per heavy atom. The molecule has 1 heterocycles. The van der Waals surface area contributed by atoms with Crippen LogP contribution < -0.4 is 10.6 Å². The number of guanidine groups is 1. The molecule has 2 aromatic rings. The first-order chi connectivity index (χ1) is 10.7. The van der Waals surface area contributed by atoms with E-state index < -0.39 is 0 Å². The molecule has 0 spiro atoms. The Hall–Kier alpha value is -1.57. The maximum Gasteiger partial charge on any atom is 0.226 e. The number of nitrogens with zero attached hydrogens (tertiary/aromatic N) is 2. The van der Waals surface area contributed by atoms with Gasteiger partial charge in [-0.25, -0.2) is 4.98 Å². The highest BCUT2D eigenvalue weighted by Crippen LogP contribution is 2.27. The first-order valence-electron chi connectivity index (χ1n) is 7.70. The first-order valence-corrected chi connectivity index (χ1v) is 7.70. The molecule has 124 valence electrons. The summed E-state index contributed by atoms with van der Waals surface area (Å²) in [6.45, 7) is 3.65. The minimum absolute atomic E-state index is 0. The van der Waals surface area contributed by atoms with E-state index in [1.165, 1.54) is 18.4 Å². The average Bonchev–Trinajstić information content (AvgIpc) is 3.25. The van der Waals surface area contributed by atoms with Gasteiger partial charge in [0.25, 0.3) is 0 Å². The second-order valence-corrected chi connectivity index (χ2v) is 5.76. The third-order valence-corrected chi connectivity index (χ3v) is 3.77. The van der Waals surface area contributed by atoms with E-state index in [1.54, 1.807) is 13.3 Å². The van der Waals surface area contributed by atoms with Gasteiger partial charge in [0.1, 0.15) is 6.26 Å². The van der Waals surface area contributed by atoms with Crippen LogP contribution in [0.2, 0.25) is 0 Å². The highest BCUT2D eigenvalue weighted by atomic mass is 127. The van der Waals surface area contributed by atoms with Gasteiger partial charge in [-0.1, -0.05) is 17.7 Å². The highest BCUT2D eigenvalue weighted by Gasteiger charge is 2.21. The van der Waals surface area contributed by atoms with Crippen LogP contribution in [0.4, 0.5) is 0 Å². The molecule has 0 bridgehead atoms. The molecule has 0 saturated heterocycles. The summed E-state index contributed by atoms with van der Waals surface area (Å²) < 4.78 is 5.55. The molecule has 0 radical (unpaired) electrons. The summed E-state index contributed by atoms with van der Waals surface area (Å²) in [6, 6.07) is 8.16. The van der Waals surface area contributed by atoms with Crippen molar-refractivity contribution < 1.29 is 4.42 Å². The fourth-order valence-electron chi connectivity index (χ4n) is 2.17. The van der Waals surface area contributed by atoms with Gasteiger partial charge in [0.05, 0.1) is 12.2 Å². The van der Waals surface area contributed by atoms with Crippen LogP contribution in [0.25, 0.3) is 11.5 Å². The van der Waals surface area contributed by atoms with E-state index in [2.05, 4.69) is 39.7 Å². The Balaban J connectivity index is 0.00000192. The Kier molecular flexibility index (Phi) is 6.44. The lowest BCUT2D eigenvalue weighted by Gasteiger charge is -2.09. The molecule has 0 amide bonds. The Bertz CT molecular complexity index is 647. The molecule has 1 saturated carbocycles. The van der Waals surface area contributed by atoms with Crippen molar-refractivity contribution in [2.45, 2.75) is 26.3 Å². The SMILES string of the molecule is CN=C(NCc1coc(-c2ccc(C)cc2)n1)NCC1CC1.I. The number of rotatable bonds is 5. The van der Waals surface area contributed by atoms with Crippen LogP contribution in [-0.2, 0) is 6.54 Å². The zero-order valence-electron chi connectivity index (χ0n) is 13.5. The minimum Gasteiger partial charge on any atom is -0.444 e. The third-order valence-electron chi connectivity index (χ3n) is 3.77. The van der Waals surface area contributed by atoms with Crippen LogP contribution in [0, 0.1) is 12.8 Å². The van der Waals surface area contributed by atoms with E-state index in [0.29, 0.717) is 12.4 Å². The van der Waals surface area contributed by atoms with Crippen molar-refractivity contribution in [3.8, 4) is 11.5 Å². The van der Waals surface area contributed by atoms with E-state index in [1.807, 2.05) is 12.1 Å². The van der Waals surface area contributed by atoms with Crippen LogP contribution in [0.1, 0.15) is 24.1 Å². The largest absolute Gasteiger partial charge is 0.444 e. The summed E-state index contributed by atoms with van der Waals surface area (Å²) in [6.07, 6.45) is 4.34. The molecule has 3 rings (SSSR count). The molecule has 23 heavy (non-hydrogen) atoms. The lowest BCUT2D eigenvalue weighted by Crippen LogP contribution is -2.37. The molecule has 1 aliphatic carbocycles. The van der Waals surface area contributed by atoms with Crippen molar-refractivity contribution >= 4 is 29.9 Å². The molecule has 0 unspecified atom stereocenters. The summed E-state index contributed by atoms with van der Waals surface area (Å²) in [7, 11) is 1.78. The Morgan fingerprint density at radius 1 is 1.26 bits per heavy atom. The van der Waals surface area contributed by atoms with Crippen molar-refractivity contribution in [1.29, 1.82) is 0 Å². The van der Waals surface area contributed by atoms with Crippen LogP contribution in [0.5, 0.6) is 0 Å². The predicted octanol–water partition coefficient (Wildman–Crippen LogP) is 3.34. The number of oxazole rings is 1. The summed E-state index contributed by atoms with van der Waals surface area (Å²) >= 11 is 0. The molecule has 5 nitrogen and oxygen atoms in total. The van der Waals surface area contributed by atoms with Gasteiger partial charge in [-0.15, -0.1) is 24.0 Å². The molecule has 1 aliphatic rings. The van der Waals surface area contributed by atoms with E-state index in [0.717, 1.165) is 29.7 Å². The zero-order valence-corrected chi connectivity index (χ0v) is 15.8.